The predicted molar refractivity (Wildman–Crippen MR) is 121 cm³/mol. The van der Waals surface area contributed by atoms with E-state index in [2.05, 4.69) is 26.7 Å². The van der Waals surface area contributed by atoms with Crippen molar-refractivity contribution in [2.45, 2.75) is 12.1 Å². The minimum absolute atomic E-state index is 0.267. The topological polar surface area (TPSA) is 70.4 Å². The summed E-state index contributed by atoms with van der Waals surface area (Å²) in [5.74, 6) is -0.572. The number of carbonyl (C=O) groups excluding carboxylic acids is 2. The van der Waals surface area contributed by atoms with Crippen LogP contribution in [0.4, 0.5) is 4.39 Å². The van der Waals surface area contributed by atoms with E-state index in [1.165, 1.54) is 24.3 Å². The van der Waals surface area contributed by atoms with Crippen molar-refractivity contribution in [2.75, 3.05) is 7.11 Å². The Kier molecular flexibility index (Phi) is 6.32. The molecule has 1 aliphatic rings. The van der Waals surface area contributed by atoms with Crippen molar-refractivity contribution in [2.24, 2.45) is 0 Å². The summed E-state index contributed by atoms with van der Waals surface area (Å²) in [7, 11) is 1.58. The number of amides is 2. The van der Waals surface area contributed by atoms with Crippen molar-refractivity contribution in [1.29, 1.82) is 0 Å². The molecule has 0 aliphatic carbocycles. The van der Waals surface area contributed by atoms with Gasteiger partial charge >= 0.3 is 5.91 Å². The molecule has 0 saturated carbocycles. The van der Waals surface area contributed by atoms with E-state index in [0.717, 1.165) is 15.6 Å². The molecule has 0 aromatic heterocycles. The van der Waals surface area contributed by atoms with Crippen molar-refractivity contribution in [3.05, 3.63) is 99.8 Å². The van der Waals surface area contributed by atoms with Crippen LogP contribution in [0.5, 0.6) is 5.75 Å². The molecule has 0 radical (unpaired) electrons. The molecule has 0 unspecified atom stereocenters. The first-order chi connectivity index (χ1) is 15.4. The van der Waals surface area contributed by atoms with Gasteiger partial charge in [0.2, 0.25) is 12.3 Å². The van der Waals surface area contributed by atoms with Crippen LogP contribution >= 0.6 is 15.9 Å². The molecule has 1 saturated heterocycles. The van der Waals surface area contributed by atoms with Crippen LogP contribution in [0.1, 0.15) is 27.5 Å². The minimum atomic E-state index is -0.868. The van der Waals surface area contributed by atoms with Crippen LogP contribution in [-0.2, 0) is 4.79 Å². The quantitative estimate of drug-likeness (QED) is 0.530. The summed E-state index contributed by atoms with van der Waals surface area (Å²) in [6.07, 6.45) is 1.81. The van der Waals surface area contributed by atoms with Gasteiger partial charge in [0.15, 0.2) is 6.04 Å². The Bertz CT molecular complexity index is 1160. The van der Waals surface area contributed by atoms with Crippen molar-refractivity contribution < 1.29 is 23.4 Å². The van der Waals surface area contributed by atoms with Crippen molar-refractivity contribution in [3.63, 3.8) is 0 Å². The van der Waals surface area contributed by atoms with Gasteiger partial charge in [-0.25, -0.2) is 4.39 Å². The summed E-state index contributed by atoms with van der Waals surface area (Å²) in [4.78, 5) is 25.6. The van der Waals surface area contributed by atoms with E-state index in [1.807, 2.05) is 42.6 Å². The Hall–Kier alpha value is -3.52. The normalized spacial score (nSPS) is 19.0. The molecule has 8 heteroatoms. The Morgan fingerprint density at radius 2 is 1.72 bits per heavy atom. The van der Waals surface area contributed by atoms with E-state index >= 15 is 0 Å². The van der Waals surface area contributed by atoms with Gasteiger partial charge in [0, 0.05) is 21.2 Å². The minimum Gasteiger partial charge on any atom is -0.497 e. The number of hydrazone groups is 1. The number of hydrogen-bond donors (Lipinski definition) is 2. The molecule has 162 valence electrons. The maximum Gasteiger partial charge on any atom is 0.304 e. The van der Waals surface area contributed by atoms with Gasteiger partial charge in [-0.3, -0.25) is 9.59 Å². The molecular formula is C24H20BrFN3O3+. The van der Waals surface area contributed by atoms with E-state index in [4.69, 9.17) is 4.74 Å². The lowest BCUT2D eigenvalue weighted by Gasteiger charge is -2.15. The van der Waals surface area contributed by atoms with Crippen LogP contribution < -0.4 is 15.5 Å². The third kappa shape index (κ3) is 4.70. The zero-order chi connectivity index (χ0) is 22.7. The Labute approximate surface area is 192 Å². The summed E-state index contributed by atoms with van der Waals surface area (Å²) >= 11 is 3.41. The number of halogens is 2. The molecule has 4 rings (SSSR count). The van der Waals surface area contributed by atoms with E-state index in [-0.39, 0.29) is 11.5 Å². The highest BCUT2D eigenvalue weighted by molar-refractivity contribution is 9.10. The van der Waals surface area contributed by atoms with Crippen LogP contribution in [0.25, 0.3) is 0 Å². The number of benzene rings is 3. The molecule has 2 N–H and O–H groups in total. The number of nitrogens with zero attached hydrogens (tertiary/aromatic N) is 1. The SMILES string of the molecule is COc1ccc([C@H]2[C@@H](NC(=O)c3ccc(F)cc3)C(=O)N/[N+]2=C\c2ccc(Br)cc2)cc1. The van der Waals surface area contributed by atoms with Crippen molar-refractivity contribution in [3.8, 4) is 5.75 Å². The Morgan fingerprint density at radius 3 is 2.34 bits per heavy atom. The largest absolute Gasteiger partial charge is 0.497 e. The van der Waals surface area contributed by atoms with Crippen LogP contribution in [0.3, 0.4) is 0 Å². The molecule has 1 heterocycles. The maximum absolute atomic E-state index is 13.2. The molecule has 1 aliphatic heterocycles. The number of hydrazine groups is 1. The molecule has 2 atom stereocenters. The number of hydrogen-bond acceptors (Lipinski definition) is 3. The van der Waals surface area contributed by atoms with Crippen molar-refractivity contribution >= 4 is 34.0 Å². The smallest absolute Gasteiger partial charge is 0.304 e. The second-order valence-electron chi connectivity index (χ2n) is 7.24. The van der Waals surface area contributed by atoms with Gasteiger partial charge in [-0.2, -0.15) is 0 Å². The lowest BCUT2D eigenvalue weighted by molar-refractivity contribution is -0.596. The number of ether oxygens (including phenoxy) is 1. The molecule has 3 aromatic rings. The van der Waals surface area contributed by atoms with Crippen LogP contribution in [0, 0.1) is 5.82 Å². The number of methoxy groups -OCH3 is 1. The van der Waals surface area contributed by atoms with E-state index in [1.54, 1.807) is 23.9 Å². The van der Waals surface area contributed by atoms with E-state index in [0.29, 0.717) is 5.75 Å². The standard InChI is InChI=1S/C24H19BrFN3O3/c1-32-20-12-6-16(7-13-20)22-21(27-23(30)17-4-10-19(26)11-5-17)24(31)28-29(22)14-15-2-8-18(25)9-3-15/h2-14,21-22H,1H3,(H-,27,28,30,31)/p+1/b29-14-/t21-,22+/m1/s1. The summed E-state index contributed by atoms with van der Waals surface area (Å²) in [6.45, 7) is 0. The third-order valence-electron chi connectivity index (χ3n) is 5.15. The lowest BCUT2D eigenvalue weighted by atomic mass is 9.99. The highest BCUT2D eigenvalue weighted by Crippen LogP contribution is 2.27. The third-order valence-corrected chi connectivity index (χ3v) is 5.67. The molecule has 0 spiro atoms. The van der Waals surface area contributed by atoms with Gasteiger partial charge < -0.3 is 10.1 Å². The first kappa shape index (κ1) is 21.7. The number of rotatable bonds is 5. The van der Waals surface area contributed by atoms with Crippen LogP contribution in [-0.4, -0.2) is 35.9 Å². The predicted octanol–water partition coefficient (Wildman–Crippen LogP) is 3.61. The lowest BCUT2D eigenvalue weighted by Crippen LogP contribution is -2.42. The molecule has 3 aromatic carbocycles. The monoisotopic (exact) mass is 496 g/mol. The van der Waals surface area contributed by atoms with E-state index in [9.17, 15) is 14.0 Å². The average molecular weight is 497 g/mol. The summed E-state index contributed by atoms with van der Waals surface area (Å²) < 4.78 is 21.1. The Morgan fingerprint density at radius 1 is 1.06 bits per heavy atom. The fourth-order valence-corrected chi connectivity index (χ4v) is 3.78. The molecule has 32 heavy (non-hydrogen) atoms. The van der Waals surface area contributed by atoms with Gasteiger partial charge in [0.05, 0.1) is 7.11 Å². The van der Waals surface area contributed by atoms with Gasteiger partial charge in [-0.15, -0.1) is 10.1 Å². The highest BCUT2D eigenvalue weighted by atomic mass is 79.9. The second kappa shape index (κ2) is 9.32. The van der Waals surface area contributed by atoms with Crippen LogP contribution in [0.2, 0.25) is 0 Å². The highest BCUT2D eigenvalue weighted by Gasteiger charge is 2.47. The molecule has 0 bridgehead atoms. The van der Waals surface area contributed by atoms with Gasteiger partial charge in [0.25, 0.3) is 5.91 Å². The summed E-state index contributed by atoms with van der Waals surface area (Å²) in [5.41, 5.74) is 4.78. The molecule has 6 nitrogen and oxygen atoms in total. The fourth-order valence-electron chi connectivity index (χ4n) is 3.52. The first-order valence-corrected chi connectivity index (χ1v) is 10.6. The maximum atomic E-state index is 13.2. The first-order valence-electron chi connectivity index (χ1n) is 9.84. The van der Waals surface area contributed by atoms with Gasteiger partial charge in [-0.1, -0.05) is 15.9 Å². The van der Waals surface area contributed by atoms with Gasteiger partial charge in [-0.05, 0) is 72.8 Å². The Balaban J connectivity index is 1.69. The molecular weight excluding hydrogens is 477 g/mol. The zero-order valence-electron chi connectivity index (χ0n) is 17.1. The molecule has 1 fully saturated rings. The second-order valence-corrected chi connectivity index (χ2v) is 8.16. The summed E-state index contributed by atoms with van der Waals surface area (Å²) in [6, 6.07) is 18.7. The average Bonchev–Trinajstić information content (AvgIpc) is 3.10. The zero-order valence-corrected chi connectivity index (χ0v) is 18.7. The number of nitrogens with one attached hydrogen (secondary N) is 2. The van der Waals surface area contributed by atoms with Gasteiger partial charge in [0.1, 0.15) is 11.6 Å². The molecule has 2 amide bonds. The van der Waals surface area contributed by atoms with Crippen LogP contribution in [0.15, 0.2) is 77.3 Å². The fraction of sp³-hybridized carbons (Fsp3) is 0.125. The summed E-state index contributed by atoms with van der Waals surface area (Å²) in [5, 5.41) is 2.79. The number of carbonyl (C=O) groups is 2. The van der Waals surface area contributed by atoms with E-state index < -0.39 is 23.8 Å². The van der Waals surface area contributed by atoms with Crippen molar-refractivity contribution in [1.82, 2.24) is 10.7 Å².